The Morgan fingerprint density at radius 3 is 2.91 bits per heavy atom. The van der Waals surface area contributed by atoms with Crippen molar-refractivity contribution in [3.05, 3.63) is 24.3 Å². The Balaban J connectivity index is 1.47. The monoisotopic (exact) mass is 319 g/mol. The van der Waals surface area contributed by atoms with Crippen LogP contribution in [0.15, 0.2) is 29.4 Å². The molecule has 1 aromatic heterocycles. The van der Waals surface area contributed by atoms with Crippen molar-refractivity contribution in [3.63, 3.8) is 0 Å². The molecule has 0 bridgehead atoms. The van der Waals surface area contributed by atoms with Gasteiger partial charge < -0.3 is 15.4 Å². The number of carbonyl (C=O) groups is 1. The zero-order valence-corrected chi connectivity index (χ0v) is 13.3. The van der Waals surface area contributed by atoms with E-state index in [0.29, 0.717) is 12.3 Å². The zero-order valence-electron chi connectivity index (χ0n) is 12.5. The summed E-state index contributed by atoms with van der Waals surface area (Å²) in [4.78, 5) is 19.6. The first-order chi connectivity index (χ1) is 10.7. The van der Waals surface area contributed by atoms with Crippen molar-refractivity contribution in [1.29, 1.82) is 0 Å². The van der Waals surface area contributed by atoms with Gasteiger partial charge in [0.15, 0.2) is 5.16 Å². The number of para-hydroxylation sites is 2. The van der Waals surface area contributed by atoms with Crippen LogP contribution >= 0.6 is 11.8 Å². The molecule has 22 heavy (non-hydrogen) atoms. The number of fused-ring (bicyclic) bond motifs is 1. The molecule has 1 saturated carbocycles. The molecule has 1 amide bonds. The van der Waals surface area contributed by atoms with Gasteiger partial charge in [0.05, 0.1) is 16.8 Å². The van der Waals surface area contributed by atoms with E-state index in [2.05, 4.69) is 15.3 Å². The molecule has 0 radical (unpaired) electrons. The summed E-state index contributed by atoms with van der Waals surface area (Å²) < 4.78 is 0. The molecule has 1 aromatic carbocycles. The number of amides is 1. The van der Waals surface area contributed by atoms with Crippen LogP contribution in [0.3, 0.4) is 0 Å². The van der Waals surface area contributed by atoms with E-state index in [0.717, 1.165) is 35.5 Å². The van der Waals surface area contributed by atoms with Crippen molar-refractivity contribution in [2.45, 2.75) is 30.8 Å². The number of aliphatic hydroxyl groups is 1. The van der Waals surface area contributed by atoms with Gasteiger partial charge in [0.1, 0.15) is 0 Å². The van der Waals surface area contributed by atoms with Crippen molar-refractivity contribution in [1.82, 2.24) is 15.3 Å². The van der Waals surface area contributed by atoms with Crippen LogP contribution in [-0.4, -0.2) is 39.9 Å². The maximum absolute atomic E-state index is 12.0. The number of nitrogens with one attached hydrogen (secondary N) is 2. The number of nitrogens with zero attached hydrogens (tertiary/aromatic N) is 1. The minimum atomic E-state index is 0.0228. The summed E-state index contributed by atoms with van der Waals surface area (Å²) in [6, 6.07) is 7.83. The quantitative estimate of drug-likeness (QED) is 0.685. The molecule has 3 N–H and O–H groups in total. The maximum Gasteiger partial charge on any atom is 0.230 e. The highest BCUT2D eigenvalue weighted by Gasteiger charge is 2.36. The number of aromatic nitrogens is 2. The molecule has 1 aliphatic rings. The Morgan fingerprint density at radius 2 is 2.23 bits per heavy atom. The van der Waals surface area contributed by atoms with Gasteiger partial charge in [0, 0.05) is 13.2 Å². The number of hydrogen-bond donors (Lipinski definition) is 3. The second-order valence-electron chi connectivity index (χ2n) is 5.95. The molecule has 0 saturated heterocycles. The fourth-order valence-corrected chi connectivity index (χ4v) is 3.61. The molecule has 118 valence electrons. The van der Waals surface area contributed by atoms with Crippen LogP contribution in [0.5, 0.6) is 0 Å². The first kappa shape index (κ1) is 15.4. The van der Waals surface area contributed by atoms with Crippen LogP contribution in [0.1, 0.15) is 25.7 Å². The number of carbonyl (C=O) groups excluding carboxylic acids is 1. The molecule has 3 rings (SSSR count). The maximum atomic E-state index is 12.0. The van der Waals surface area contributed by atoms with Gasteiger partial charge in [-0.05, 0) is 36.8 Å². The van der Waals surface area contributed by atoms with E-state index in [1.807, 2.05) is 24.3 Å². The summed E-state index contributed by atoms with van der Waals surface area (Å²) in [7, 11) is 0. The third-order valence-electron chi connectivity index (χ3n) is 4.42. The molecular formula is C16H21N3O2S. The first-order valence-corrected chi connectivity index (χ1v) is 8.64. The number of aromatic amines is 1. The Hall–Kier alpha value is -1.53. The molecule has 0 aliphatic heterocycles. The number of benzene rings is 1. The minimum Gasteiger partial charge on any atom is -0.396 e. The highest BCUT2D eigenvalue weighted by molar-refractivity contribution is 7.99. The summed E-state index contributed by atoms with van der Waals surface area (Å²) in [6.07, 6.45) is 4.18. The second kappa shape index (κ2) is 6.71. The van der Waals surface area contributed by atoms with Crippen molar-refractivity contribution in [2.24, 2.45) is 5.41 Å². The molecule has 1 aliphatic carbocycles. The number of H-pyrrole nitrogens is 1. The van der Waals surface area contributed by atoms with Crippen molar-refractivity contribution in [3.8, 4) is 0 Å². The van der Waals surface area contributed by atoms with E-state index in [-0.39, 0.29) is 17.9 Å². The van der Waals surface area contributed by atoms with E-state index in [1.54, 1.807) is 0 Å². The minimum absolute atomic E-state index is 0.0228. The zero-order chi connectivity index (χ0) is 15.4. The van der Waals surface area contributed by atoms with E-state index < -0.39 is 0 Å². The first-order valence-electron chi connectivity index (χ1n) is 7.66. The summed E-state index contributed by atoms with van der Waals surface area (Å²) in [5, 5.41) is 12.9. The van der Waals surface area contributed by atoms with Crippen molar-refractivity contribution >= 4 is 28.7 Å². The van der Waals surface area contributed by atoms with E-state index >= 15 is 0 Å². The van der Waals surface area contributed by atoms with Crippen LogP contribution < -0.4 is 5.32 Å². The van der Waals surface area contributed by atoms with Gasteiger partial charge in [0.2, 0.25) is 5.91 Å². The van der Waals surface area contributed by atoms with Crippen molar-refractivity contribution in [2.75, 3.05) is 18.9 Å². The van der Waals surface area contributed by atoms with E-state index in [1.165, 1.54) is 18.2 Å². The number of rotatable bonds is 7. The number of hydrogen-bond acceptors (Lipinski definition) is 4. The lowest BCUT2D eigenvalue weighted by Crippen LogP contribution is -2.43. The summed E-state index contributed by atoms with van der Waals surface area (Å²) in [5.41, 5.74) is 2.04. The Labute approximate surface area is 133 Å². The van der Waals surface area contributed by atoms with Crippen LogP contribution in [0, 0.1) is 5.41 Å². The standard InChI is InChI=1S/C16H21N3O2S/c20-9-8-16(6-3-7-16)11-17-14(21)10-22-15-18-12-4-1-2-5-13(12)19-15/h1-2,4-5,20H,3,6-11H2,(H,17,21)(H,18,19). The normalized spacial score (nSPS) is 16.4. The molecule has 5 nitrogen and oxygen atoms in total. The molecule has 0 unspecified atom stereocenters. The van der Waals surface area contributed by atoms with Gasteiger partial charge >= 0.3 is 0 Å². The van der Waals surface area contributed by atoms with Crippen LogP contribution in [0.4, 0.5) is 0 Å². The molecule has 1 heterocycles. The second-order valence-corrected chi connectivity index (χ2v) is 6.92. The van der Waals surface area contributed by atoms with Gasteiger partial charge in [-0.25, -0.2) is 4.98 Å². The molecular weight excluding hydrogens is 298 g/mol. The SMILES string of the molecule is O=C(CSc1nc2ccccc2[nH]1)NCC1(CCO)CCC1. The largest absolute Gasteiger partial charge is 0.396 e. The third-order valence-corrected chi connectivity index (χ3v) is 5.30. The Bertz CT molecular complexity index is 619. The van der Waals surface area contributed by atoms with Gasteiger partial charge in [-0.1, -0.05) is 30.3 Å². The van der Waals surface area contributed by atoms with Crippen LogP contribution in [0.25, 0.3) is 11.0 Å². The molecule has 2 aromatic rings. The average molecular weight is 319 g/mol. The van der Waals surface area contributed by atoms with Gasteiger partial charge in [-0.2, -0.15) is 0 Å². The Kier molecular flexibility index (Phi) is 4.69. The third kappa shape index (κ3) is 3.44. The van der Waals surface area contributed by atoms with Crippen molar-refractivity contribution < 1.29 is 9.90 Å². The van der Waals surface area contributed by atoms with Gasteiger partial charge in [0.25, 0.3) is 0 Å². The highest BCUT2D eigenvalue weighted by Crippen LogP contribution is 2.43. The lowest BCUT2D eigenvalue weighted by Gasteiger charge is -2.41. The summed E-state index contributed by atoms with van der Waals surface area (Å²) in [6.45, 7) is 0.872. The van der Waals surface area contributed by atoms with Gasteiger partial charge in [-0.15, -0.1) is 0 Å². The predicted molar refractivity (Wildman–Crippen MR) is 87.8 cm³/mol. The summed E-state index contributed by atoms with van der Waals surface area (Å²) >= 11 is 1.42. The lowest BCUT2D eigenvalue weighted by molar-refractivity contribution is -0.119. The topological polar surface area (TPSA) is 78.0 Å². The summed E-state index contributed by atoms with van der Waals surface area (Å²) in [5.74, 6) is 0.379. The molecule has 0 spiro atoms. The van der Waals surface area contributed by atoms with Gasteiger partial charge in [-0.3, -0.25) is 4.79 Å². The van der Waals surface area contributed by atoms with Crippen LogP contribution in [-0.2, 0) is 4.79 Å². The highest BCUT2D eigenvalue weighted by atomic mass is 32.2. The number of thioether (sulfide) groups is 1. The predicted octanol–water partition coefficient (Wildman–Crippen LogP) is 2.32. The fraction of sp³-hybridized carbons (Fsp3) is 0.500. The molecule has 6 heteroatoms. The number of imidazole rings is 1. The Morgan fingerprint density at radius 1 is 1.41 bits per heavy atom. The smallest absolute Gasteiger partial charge is 0.230 e. The molecule has 1 fully saturated rings. The van der Waals surface area contributed by atoms with E-state index in [4.69, 9.17) is 5.11 Å². The lowest BCUT2D eigenvalue weighted by atomic mass is 9.67. The average Bonchev–Trinajstić information content (AvgIpc) is 2.90. The molecule has 0 atom stereocenters. The van der Waals surface area contributed by atoms with Crippen LogP contribution in [0.2, 0.25) is 0 Å². The fourth-order valence-electron chi connectivity index (χ4n) is 2.90. The number of aliphatic hydroxyl groups excluding tert-OH is 1. The van der Waals surface area contributed by atoms with E-state index in [9.17, 15) is 4.79 Å².